The molecule has 0 radical (unpaired) electrons. The summed E-state index contributed by atoms with van der Waals surface area (Å²) < 4.78 is 7.38. The first-order valence-corrected chi connectivity index (χ1v) is 16.1. The summed E-state index contributed by atoms with van der Waals surface area (Å²) in [6.07, 6.45) is 2.61. The fourth-order valence-electron chi connectivity index (χ4n) is 6.21. The normalized spacial score (nSPS) is 16.4. The van der Waals surface area contributed by atoms with E-state index in [1.165, 1.54) is 11.3 Å². The van der Waals surface area contributed by atoms with Crippen LogP contribution in [0, 0.1) is 0 Å². The molecule has 1 amide bonds. The van der Waals surface area contributed by atoms with Crippen LogP contribution in [0.5, 0.6) is 5.75 Å². The molecule has 236 valence electrons. The lowest BCUT2D eigenvalue weighted by molar-refractivity contribution is 0.0955. The number of rotatable bonds is 12. The Morgan fingerprint density at radius 2 is 1.96 bits per heavy atom. The molecule has 4 aromatic rings. The van der Waals surface area contributed by atoms with Crippen molar-refractivity contribution in [3.8, 4) is 28.1 Å². The molecule has 1 fully saturated rings. The van der Waals surface area contributed by atoms with Crippen molar-refractivity contribution in [2.45, 2.75) is 38.5 Å². The van der Waals surface area contributed by atoms with Gasteiger partial charge < -0.3 is 30.7 Å². The van der Waals surface area contributed by atoms with Crippen LogP contribution in [0.25, 0.3) is 22.4 Å². The topological polar surface area (TPSA) is 104 Å². The Kier molecular flexibility index (Phi) is 10.0. The van der Waals surface area contributed by atoms with Crippen LogP contribution in [0.4, 0.5) is 5.69 Å². The first-order valence-electron chi connectivity index (χ1n) is 15.7. The Morgan fingerprint density at radius 3 is 2.76 bits per heavy atom. The number of ether oxygens (including phenoxy) is 1. The van der Waals surface area contributed by atoms with Gasteiger partial charge in [-0.25, -0.2) is 0 Å². The number of hydrogen-bond donors (Lipinski definition) is 4. The molecule has 1 saturated heterocycles. The number of benzene rings is 3. The molecule has 0 bridgehead atoms. The summed E-state index contributed by atoms with van der Waals surface area (Å²) in [4.78, 5) is 15.4. The number of anilines is 1. The zero-order valence-electron chi connectivity index (χ0n) is 25.7. The number of hydrogen-bond acceptors (Lipinski definition) is 7. The van der Waals surface area contributed by atoms with E-state index >= 15 is 0 Å². The highest BCUT2D eigenvalue weighted by atomic mass is 35.5. The summed E-state index contributed by atoms with van der Waals surface area (Å²) >= 11 is 6.74. The standard InChI is InChI=1S/C35H41ClN6O3/c1-45-29-9-7-27(8-10-29)38-15-16-39-35(44)26-5-2-4-24(20-26)30-21-25(6-11-32(30)36)34-31-22-37-14-12-33(31)42(40-34)18-3-17-41-19-13-28(43)23-41/h2,4-11,20-21,28,37-38,43H,3,12-19,22-23H2,1H3,(H,39,44). The van der Waals surface area contributed by atoms with Crippen molar-refractivity contribution < 1.29 is 14.6 Å². The number of fused-ring (bicyclic) bond motifs is 1. The number of likely N-dealkylation sites (tertiary alicyclic amines) is 1. The van der Waals surface area contributed by atoms with E-state index in [0.29, 0.717) is 23.7 Å². The highest BCUT2D eigenvalue weighted by Gasteiger charge is 2.23. The number of aromatic nitrogens is 2. The number of aliphatic hydroxyl groups excluding tert-OH is 1. The molecule has 0 saturated carbocycles. The van der Waals surface area contributed by atoms with Crippen LogP contribution in [0.15, 0.2) is 66.7 Å². The van der Waals surface area contributed by atoms with E-state index < -0.39 is 0 Å². The summed E-state index contributed by atoms with van der Waals surface area (Å²) in [6.45, 7) is 6.34. The van der Waals surface area contributed by atoms with Crippen LogP contribution >= 0.6 is 11.6 Å². The molecular weight excluding hydrogens is 588 g/mol. The average molecular weight is 629 g/mol. The second kappa shape index (κ2) is 14.5. The number of carbonyl (C=O) groups excluding carboxylic acids is 1. The predicted molar refractivity (Wildman–Crippen MR) is 179 cm³/mol. The highest BCUT2D eigenvalue weighted by Crippen LogP contribution is 2.35. The smallest absolute Gasteiger partial charge is 0.251 e. The molecule has 3 heterocycles. The van der Waals surface area contributed by atoms with Crippen LogP contribution in [-0.2, 0) is 19.5 Å². The SMILES string of the molecule is COc1ccc(NCCNC(=O)c2cccc(-c3cc(-c4nn(CCCN5CCC(O)C5)c5c4CNCC5)ccc3Cl)c2)cc1. The van der Waals surface area contributed by atoms with Crippen LogP contribution in [0.3, 0.4) is 0 Å². The van der Waals surface area contributed by atoms with Gasteiger partial charge in [-0.15, -0.1) is 0 Å². The maximum atomic E-state index is 13.0. The van der Waals surface area contributed by atoms with Crippen molar-refractivity contribution in [2.24, 2.45) is 0 Å². The van der Waals surface area contributed by atoms with E-state index in [1.54, 1.807) is 7.11 Å². The van der Waals surface area contributed by atoms with E-state index in [-0.39, 0.29) is 12.0 Å². The molecule has 0 aliphatic carbocycles. The highest BCUT2D eigenvalue weighted by molar-refractivity contribution is 6.33. The van der Waals surface area contributed by atoms with Gasteiger partial charge in [0.15, 0.2) is 0 Å². The fourth-order valence-corrected chi connectivity index (χ4v) is 6.44. The van der Waals surface area contributed by atoms with E-state index in [9.17, 15) is 9.90 Å². The molecule has 2 aliphatic rings. The van der Waals surface area contributed by atoms with Gasteiger partial charge in [-0.1, -0.05) is 29.8 Å². The van der Waals surface area contributed by atoms with Crippen molar-refractivity contribution in [1.82, 2.24) is 25.3 Å². The van der Waals surface area contributed by atoms with E-state index in [0.717, 1.165) is 92.4 Å². The lowest BCUT2D eigenvalue weighted by Crippen LogP contribution is -2.28. The van der Waals surface area contributed by atoms with Gasteiger partial charge in [0.1, 0.15) is 5.75 Å². The number of nitrogens with zero attached hydrogens (tertiary/aromatic N) is 3. The van der Waals surface area contributed by atoms with Crippen LogP contribution in [0.2, 0.25) is 5.02 Å². The van der Waals surface area contributed by atoms with Gasteiger partial charge in [0.2, 0.25) is 0 Å². The Bertz CT molecular complexity index is 1620. The number of methoxy groups -OCH3 is 1. The average Bonchev–Trinajstić information content (AvgIpc) is 3.66. The van der Waals surface area contributed by atoms with Crippen molar-refractivity contribution in [3.63, 3.8) is 0 Å². The van der Waals surface area contributed by atoms with Crippen LogP contribution < -0.4 is 20.7 Å². The molecule has 1 unspecified atom stereocenters. The molecule has 4 N–H and O–H groups in total. The Labute approximate surface area is 269 Å². The molecule has 3 aromatic carbocycles. The minimum Gasteiger partial charge on any atom is -0.497 e. The minimum atomic E-state index is -0.192. The molecule has 6 rings (SSSR count). The molecule has 2 aliphatic heterocycles. The lowest BCUT2D eigenvalue weighted by atomic mass is 9.97. The summed E-state index contributed by atoms with van der Waals surface area (Å²) in [5, 5.41) is 25.4. The third-order valence-corrected chi connectivity index (χ3v) is 8.93. The second-order valence-electron chi connectivity index (χ2n) is 11.7. The van der Waals surface area contributed by atoms with Gasteiger partial charge in [-0.05, 0) is 66.9 Å². The van der Waals surface area contributed by atoms with Crippen molar-refractivity contribution in [1.29, 1.82) is 0 Å². The largest absolute Gasteiger partial charge is 0.497 e. The van der Waals surface area contributed by atoms with Gasteiger partial charge in [-0.3, -0.25) is 9.48 Å². The van der Waals surface area contributed by atoms with E-state index in [2.05, 4.69) is 31.6 Å². The van der Waals surface area contributed by atoms with Gasteiger partial charge in [0.05, 0.1) is 18.9 Å². The van der Waals surface area contributed by atoms with Gasteiger partial charge in [0.25, 0.3) is 5.91 Å². The third kappa shape index (κ3) is 7.50. The van der Waals surface area contributed by atoms with Crippen LogP contribution in [-0.4, -0.2) is 78.2 Å². The first kappa shape index (κ1) is 31.1. The fraction of sp³-hybridized carbons (Fsp3) is 0.371. The number of halogens is 1. The second-order valence-corrected chi connectivity index (χ2v) is 12.1. The predicted octanol–water partition coefficient (Wildman–Crippen LogP) is 4.82. The molecule has 1 aromatic heterocycles. The zero-order valence-corrected chi connectivity index (χ0v) is 26.4. The number of aliphatic hydroxyl groups is 1. The van der Waals surface area contributed by atoms with Gasteiger partial charge >= 0.3 is 0 Å². The van der Waals surface area contributed by atoms with Crippen molar-refractivity contribution in [3.05, 3.63) is 88.6 Å². The molecule has 1 atom stereocenters. The molecule has 45 heavy (non-hydrogen) atoms. The lowest BCUT2D eigenvalue weighted by Gasteiger charge is -2.17. The molecule has 9 nitrogen and oxygen atoms in total. The number of aryl methyl sites for hydroxylation is 1. The van der Waals surface area contributed by atoms with Crippen molar-refractivity contribution in [2.75, 3.05) is 51.7 Å². The molecule has 0 spiro atoms. The number of amides is 1. The summed E-state index contributed by atoms with van der Waals surface area (Å²) in [5.41, 5.74) is 7.81. The number of β-amino-alcohol motifs (C(OH)–C–C–N with tert-alkyl or cyclic N) is 1. The maximum absolute atomic E-state index is 13.0. The summed E-state index contributed by atoms with van der Waals surface area (Å²) in [7, 11) is 1.64. The monoisotopic (exact) mass is 628 g/mol. The number of nitrogens with one attached hydrogen (secondary N) is 3. The van der Waals surface area contributed by atoms with Crippen molar-refractivity contribution >= 4 is 23.2 Å². The third-order valence-electron chi connectivity index (χ3n) is 8.60. The van der Waals surface area contributed by atoms with Gasteiger partial charge in [0, 0.05) is 97.4 Å². The zero-order chi connectivity index (χ0) is 31.2. The number of carbonyl (C=O) groups is 1. The first-order chi connectivity index (χ1) is 22.0. The van der Waals surface area contributed by atoms with Crippen LogP contribution in [0.1, 0.15) is 34.5 Å². The molecular formula is C35H41ClN6O3. The quantitative estimate of drug-likeness (QED) is 0.167. The Morgan fingerprint density at radius 1 is 1.09 bits per heavy atom. The summed E-state index contributed by atoms with van der Waals surface area (Å²) in [6, 6.07) is 21.3. The van der Waals surface area contributed by atoms with E-state index in [1.807, 2.05) is 60.7 Å². The summed E-state index contributed by atoms with van der Waals surface area (Å²) in [5.74, 6) is 0.666. The Balaban J connectivity index is 1.14. The maximum Gasteiger partial charge on any atom is 0.251 e. The minimum absolute atomic E-state index is 0.136. The van der Waals surface area contributed by atoms with E-state index in [4.69, 9.17) is 21.4 Å². The molecule has 10 heteroatoms. The van der Waals surface area contributed by atoms with Gasteiger partial charge in [-0.2, -0.15) is 5.10 Å². The Hall–Kier alpha value is -3.89.